The van der Waals surface area contributed by atoms with Gasteiger partial charge >= 0.3 is 0 Å². The molecule has 2 heterocycles. The number of pyridine rings is 1. The minimum Gasteiger partial charge on any atom is -0.271 e. The Morgan fingerprint density at radius 2 is 2.29 bits per heavy atom. The lowest BCUT2D eigenvalue weighted by molar-refractivity contribution is 0.529. The van der Waals surface area contributed by atoms with E-state index in [9.17, 15) is 4.39 Å². The van der Waals surface area contributed by atoms with Gasteiger partial charge in [-0.2, -0.15) is 5.10 Å². The number of nitrogens with two attached hydrogens (primary N) is 1. The van der Waals surface area contributed by atoms with E-state index in [-0.39, 0.29) is 0 Å². The molecule has 3 N–H and O–H groups in total. The summed E-state index contributed by atoms with van der Waals surface area (Å²) >= 11 is 0. The number of nitrogens with one attached hydrogen (secondary N) is 1. The Kier molecular flexibility index (Phi) is 3.16. The van der Waals surface area contributed by atoms with Gasteiger partial charge in [-0.1, -0.05) is 0 Å². The molecular weight excluding hydrogens is 221 g/mol. The van der Waals surface area contributed by atoms with Crippen molar-refractivity contribution in [3.05, 3.63) is 47.3 Å². The highest BCUT2D eigenvalue weighted by molar-refractivity contribution is 5.28. The van der Waals surface area contributed by atoms with Crippen molar-refractivity contribution in [3.8, 4) is 0 Å². The molecule has 5 nitrogen and oxygen atoms in total. The third kappa shape index (κ3) is 2.17. The van der Waals surface area contributed by atoms with Crippen LogP contribution in [0.4, 0.5) is 4.39 Å². The third-order valence-electron chi connectivity index (χ3n) is 2.62. The smallest absolute Gasteiger partial charge is 0.146 e. The van der Waals surface area contributed by atoms with Crippen LogP contribution < -0.4 is 11.3 Å². The fourth-order valence-electron chi connectivity index (χ4n) is 1.86. The standard InChI is InChI=1S/C11H14FN5/c1-7-5-10(17(2)16-7)11(15-13)8-3-4-14-6-9(8)12/h3-6,11,15H,13H2,1-2H3. The van der Waals surface area contributed by atoms with Crippen LogP contribution in [0.5, 0.6) is 0 Å². The Morgan fingerprint density at radius 3 is 2.82 bits per heavy atom. The normalized spacial score (nSPS) is 12.7. The summed E-state index contributed by atoms with van der Waals surface area (Å²) < 4.78 is 15.3. The van der Waals surface area contributed by atoms with Crippen molar-refractivity contribution in [2.75, 3.05) is 0 Å². The molecule has 0 amide bonds. The molecule has 1 unspecified atom stereocenters. The van der Waals surface area contributed by atoms with Gasteiger partial charge in [-0.25, -0.2) is 9.82 Å². The van der Waals surface area contributed by atoms with Crippen molar-refractivity contribution in [3.63, 3.8) is 0 Å². The number of hydrogen-bond donors (Lipinski definition) is 2. The molecular formula is C11H14FN5. The molecule has 1 atom stereocenters. The predicted octanol–water partition coefficient (Wildman–Crippen LogP) is 0.815. The average molecular weight is 235 g/mol. The SMILES string of the molecule is Cc1cc(C(NN)c2ccncc2F)n(C)n1. The van der Waals surface area contributed by atoms with Gasteiger partial charge in [-0.15, -0.1) is 0 Å². The van der Waals surface area contributed by atoms with Crippen molar-refractivity contribution < 1.29 is 4.39 Å². The van der Waals surface area contributed by atoms with Crippen LogP contribution in [-0.2, 0) is 7.05 Å². The summed E-state index contributed by atoms with van der Waals surface area (Å²) in [5.41, 5.74) is 4.71. The lowest BCUT2D eigenvalue weighted by Gasteiger charge is -2.16. The van der Waals surface area contributed by atoms with Crippen molar-refractivity contribution in [2.45, 2.75) is 13.0 Å². The number of aryl methyl sites for hydroxylation is 2. The van der Waals surface area contributed by atoms with Gasteiger partial charge in [0.1, 0.15) is 5.82 Å². The van der Waals surface area contributed by atoms with Gasteiger partial charge in [0.25, 0.3) is 0 Å². The molecule has 0 bridgehead atoms. The summed E-state index contributed by atoms with van der Waals surface area (Å²) in [6.45, 7) is 1.87. The topological polar surface area (TPSA) is 68.8 Å². The minimum absolute atomic E-state index is 0.394. The van der Waals surface area contributed by atoms with Crippen LogP contribution >= 0.6 is 0 Å². The molecule has 0 aliphatic heterocycles. The first kappa shape index (κ1) is 11.7. The van der Waals surface area contributed by atoms with Crippen LogP contribution in [0.15, 0.2) is 24.5 Å². The van der Waals surface area contributed by atoms with E-state index in [1.807, 2.05) is 13.0 Å². The largest absolute Gasteiger partial charge is 0.271 e. The van der Waals surface area contributed by atoms with E-state index in [1.54, 1.807) is 17.8 Å². The van der Waals surface area contributed by atoms with Gasteiger partial charge < -0.3 is 0 Å². The zero-order valence-corrected chi connectivity index (χ0v) is 9.68. The van der Waals surface area contributed by atoms with Crippen LogP contribution in [-0.4, -0.2) is 14.8 Å². The molecule has 0 aliphatic carbocycles. The van der Waals surface area contributed by atoms with Crippen LogP contribution in [0, 0.1) is 12.7 Å². The van der Waals surface area contributed by atoms with Crippen molar-refractivity contribution in [2.24, 2.45) is 12.9 Å². The molecule has 2 rings (SSSR count). The summed E-state index contributed by atoms with van der Waals surface area (Å²) in [7, 11) is 1.80. The summed E-state index contributed by atoms with van der Waals surface area (Å²) in [6, 6.07) is 3.02. The van der Waals surface area contributed by atoms with Crippen molar-refractivity contribution >= 4 is 0 Å². The van der Waals surface area contributed by atoms with Gasteiger partial charge in [0.05, 0.1) is 23.6 Å². The van der Waals surface area contributed by atoms with E-state index in [0.717, 1.165) is 11.4 Å². The van der Waals surface area contributed by atoms with Gasteiger partial charge in [0, 0.05) is 18.8 Å². The molecule has 0 aromatic carbocycles. The highest BCUT2D eigenvalue weighted by atomic mass is 19.1. The van der Waals surface area contributed by atoms with E-state index < -0.39 is 11.9 Å². The van der Waals surface area contributed by atoms with Gasteiger partial charge in [0.2, 0.25) is 0 Å². The monoisotopic (exact) mass is 235 g/mol. The third-order valence-corrected chi connectivity index (χ3v) is 2.62. The van der Waals surface area contributed by atoms with E-state index in [0.29, 0.717) is 5.56 Å². The van der Waals surface area contributed by atoms with Crippen molar-refractivity contribution in [1.82, 2.24) is 20.2 Å². The summed E-state index contributed by atoms with van der Waals surface area (Å²) in [5.74, 6) is 5.11. The number of nitrogens with zero attached hydrogens (tertiary/aromatic N) is 3. The molecule has 2 aromatic rings. The lowest BCUT2D eigenvalue weighted by atomic mass is 10.1. The molecule has 17 heavy (non-hydrogen) atoms. The molecule has 0 saturated carbocycles. The van der Waals surface area contributed by atoms with E-state index in [4.69, 9.17) is 5.84 Å². The quantitative estimate of drug-likeness (QED) is 0.610. The first-order valence-electron chi connectivity index (χ1n) is 5.19. The van der Waals surface area contributed by atoms with Crippen molar-refractivity contribution in [1.29, 1.82) is 0 Å². The van der Waals surface area contributed by atoms with Crippen LogP contribution in [0.25, 0.3) is 0 Å². The van der Waals surface area contributed by atoms with Gasteiger partial charge in [0.15, 0.2) is 0 Å². The Bertz CT molecular complexity index is 522. The minimum atomic E-state index is -0.441. The Morgan fingerprint density at radius 1 is 1.53 bits per heavy atom. The molecule has 0 fully saturated rings. The second kappa shape index (κ2) is 4.60. The molecule has 2 aromatic heterocycles. The maximum atomic E-state index is 13.7. The number of halogens is 1. The molecule has 0 spiro atoms. The first-order chi connectivity index (χ1) is 8.13. The number of aromatic nitrogens is 3. The fraction of sp³-hybridized carbons (Fsp3) is 0.273. The van der Waals surface area contributed by atoms with E-state index in [2.05, 4.69) is 15.5 Å². The first-order valence-corrected chi connectivity index (χ1v) is 5.19. The Labute approximate surface area is 98.4 Å². The zero-order valence-electron chi connectivity index (χ0n) is 9.68. The van der Waals surface area contributed by atoms with E-state index in [1.165, 1.54) is 12.4 Å². The maximum Gasteiger partial charge on any atom is 0.146 e. The number of rotatable bonds is 3. The summed E-state index contributed by atoms with van der Waals surface area (Å²) in [6.07, 6.45) is 2.70. The van der Waals surface area contributed by atoms with Crippen LogP contribution in [0.2, 0.25) is 0 Å². The lowest BCUT2D eigenvalue weighted by Crippen LogP contribution is -2.31. The average Bonchev–Trinajstić information content (AvgIpc) is 2.62. The predicted molar refractivity (Wildman–Crippen MR) is 61.3 cm³/mol. The van der Waals surface area contributed by atoms with Crippen LogP contribution in [0.1, 0.15) is 23.0 Å². The molecule has 6 heteroatoms. The summed E-state index contributed by atoms with van der Waals surface area (Å²) in [5, 5.41) is 4.22. The van der Waals surface area contributed by atoms with Crippen LogP contribution in [0.3, 0.4) is 0 Å². The maximum absolute atomic E-state index is 13.7. The van der Waals surface area contributed by atoms with Gasteiger partial charge in [-0.05, 0) is 19.1 Å². The fourth-order valence-corrected chi connectivity index (χ4v) is 1.86. The second-order valence-corrected chi connectivity index (χ2v) is 3.83. The van der Waals surface area contributed by atoms with Gasteiger partial charge in [-0.3, -0.25) is 15.5 Å². The number of hydrazine groups is 1. The van der Waals surface area contributed by atoms with E-state index >= 15 is 0 Å². The molecule has 0 radical (unpaired) electrons. The second-order valence-electron chi connectivity index (χ2n) is 3.83. The molecule has 0 aliphatic rings. The summed E-state index contributed by atoms with van der Waals surface area (Å²) in [4.78, 5) is 3.72. The Hall–Kier alpha value is -1.79. The number of hydrogen-bond acceptors (Lipinski definition) is 4. The molecule has 90 valence electrons. The Balaban J connectivity index is 2.47. The molecule has 0 saturated heterocycles. The zero-order chi connectivity index (χ0) is 12.4. The highest BCUT2D eigenvalue weighted by Crippen LogP contribution is 2.23. The highest BCUT2D eigenvalue weighted by Gasteiger charge is 2.20.